The van der Waals surface area contributed by atoms with Gasteiger partial charge < -0.3 is 18.9 Å². The van der Waals surface area contributed by atoms with E-state index >= 15 is 0 Å². The zero-order valence-corrected chi connectivity index (χ0v) is 30.8. The lowest BCUT2D eigenvalue weighted by atomic mass is 9.46. The molecule has 6 nitrogen and oxygen atoms in total. The summed E-state index contributed by atoms with van der Waals surface area (Å²) in [4.78, 5) is 29.5. The van der Waals surface area contributed by atoms with Crippen LogP contribution in [0.25, 0.3) is 0 Å². The van der Waals surface area contributed by atoms with E-state index in [9.17, 15) is 9.59 Å². The van der Waals surface area contributed by atoms with Gasteiger partial charge in [-0.3, -0.25) is 9.59 Å². The summed E-state index contributed by atoms with van der Waals surface area (Å²) in [5.41, 5.74) is 6.81. The number of hydrogen-bond acceptors (Lipinski definition) is 6. The molecule has 6 heteroatoms. The van der Waals surface area contributed by atoms with Gasteiger partial charge in [-0.2, -0.15) is 0 Å². The molecule has 0 bridgehead atoms. The zero-order valence-electron chi connectivity index (χ0n) is 30.8. The Bertz CT molecular complexity index is 1630. The summed E-state index contributed by atoms with van der Waals surface area (Å²) in [7, 11) is 0. The smallest absolute Gasteiger partial charge is 0.324 e. The molecule has 0 amide bonds. The number of ether oxygens (including phenoxy) is 4. The highest BCUT2D eigenvalue weighted by molar-refractivity contribution is 6.05. The van der Waals surface area contributed by atoms with Gasteiger partial charge in [0, 0.05) is 13.2 Å². The summed E-state index contributed by atoms with van der Waals surface area (Å²) in [5, 5.41) is 0. The minimum Gasteiger partial charge on any atom is -0.462 e. The average molecular weight is 695 g/mol. The standard InChI is InChI=1S/C45H58O6/c1-3-7-48-9-11-50-43(46)45(44(47)51-12-10-49-8-4-2)41-25-17-23-15-21-13-19-5-6-20-14-22-16-24-18-26(42(41)45)34-33(25)37-31(23)29(21)35-27(19)28(20)36-30(22)32(24)38(34)40(37)39(35)36/h19-29,31,33-35,37,39-42H,3-18H2,1-2H3/t19-,20+,21?,22+,23+,24?,25-,26?,27+,28-,29+,31-,33+,34-,35?,37-,39?,40?,41+,42-/m0/s1. The zero-order chi connectivity index (χ0) is 33.7. The van der Waals surface area contributed by atoms with Crippen LogP contribution >= 0.6 is 0 Å². The van der Waals surface area contributed by atoms with Gasteiger partial charge in [-0.15, -0.1) is 0 Å². The van der Waals surface area contributed by atoms with Crippen molar-refractivity contribution in [2.24, 2.45) is 124 Å². The first-order valence-corrected chi connectivity index (χ1v) is 22.1. The molecular weight excluding hydrogens is 636 g/mol. The van der Waals surface area contributed by atoms with Crippen molar-refractivity contribution in [3.8, 4) is 0 Å². The van der Waals surface area contributed by atoms with Crippen LogP contribution < -0.4 is 0 Å². The second kappa shape index (κ2) is 10.3. The number of allylic oxidation sites excluding steroid dienone is 4. The minimum absolute atomic E-state index is 0.0671. The minimum atomic E-state index is -1.15. The SMILES string of the molecule is CCCOCCOC(=O)C1(C(=O)OCCOCCC)[C@@H]2[C@H]3C[C@H]4CC5C[C@@H]6CC[C@@H]7C[C@@H]8CC9CC([C@@H]%10C%11=C9C8=C8C9C([C@H]5[C@H]4[C@H](C%119)[C@H]3%10)[C@H]6[C@@H]87)[C@@H]21. The van der Waals surface area contributed by atoms with Crippen LogP contribution in [0.5, 0.6) is 0 Å². The van der Waals surface area contributed by atoms with E-state index in [-0.39, 0.29) is 37.0 Å². The highest BCUT2D eigenvalue weighted by Gasteiger charge is 2.88. The highest BCUT2D eigenvalue weighted by atomic mass is 16.6. The van der Waals surface area contributed by atoms with Crippen LogP contribution in [0.1, 0.15) is 78.1 Å². The molecular formula is C45H58O6. The first-order valence-electron chi connectivity index (χ1n) is 22.1. The topological polar surface area (TPSA) is 71.1 Å². The Morgan fingerprint density at radius 1 is 0.529 bits per heavy atom. The van der Waals surface area contributed by atoms with Gasteiger partial charge in [0.25, 0.3) is 0 Å². The molecule has 13 aliphatic carbocycles. The van der Waals surface area contributed by atoms with Gasteiger partial charge in [-0.05, 0) is 194 Å². The van der Waals surface area contributed by atoms with Crippen molar-refractivity contribution in [2.45, 2.75) is 78.1 Å². The molecule has 0 N–H and O–H groups in total. The fourth-order valence-electron chi connectivity index (χ4n) is 19.5. The second-order valence-corrected chi connectivity index (χ2v) is 20.5. The van der Waals surface area contributed by atoms with Crippen molar-refractivity contribution >= 4 is 11.9 Å². The summed E-state index contributed by atoms with van der Waals surface area (Å²) in [6.45, 7) is 6.75. The molecule has 0 aromatic heterocycles. The molecule has 0 aromatic carbocycles. The van der Waals surface area contributed by atoms with Crippen molar-refractivity contribution in [1.29, 1.82) is 0 Å². The number of rotatable bonds is 12. The van der Waals surface area contributed by atoms with E-state index < -0.39 is 5.41 Å². The third-order valence-electron chi connectivity index (χ3n) is 19.5. The number of carbonyl (C=O) groups excluding carboxylic acids is 2. The highest BCUT2D eigenvalue weighted by Crippen LogP contribution is 2.88. The number of carbonyl (C=O) groups is 2. The first kappa shape index (κ1) is 30.6. The van der Waals surface area contributed by atoms with Crippen molar-refractivity contribution in [3.63, 3.8) is 0 Å². The lowest BCUT2D eigenvalue weighted by molar-refractivity contribution is -0.169. The van der Waals surface area contributed by atoms with Crippen molar-refractivity contribution in [1.82, 2.24) is 0 Å². The summed E-state index contributed by atoms with van der Waals surface area (Å²) < 4.78 is 23.8. The molecule has 10 saturated carbocycles. The molecule has 13 aliphatic rings. The maximum absolute atomic E-state index is 14.7. The van der Waals surface area contributed by atoms with Crippen LogP contribution in [0.2, 0.25) is 0 Å². The molecule has 6 unspecified atom stereocenters. The van der Waals surface area contributed by atoms with Crippen LogP contribution in [0.4, 0.5) is 0 Å². The Morgan fingerprint density at radius 3 is 1.82 bits per heavy atom. The monoisotopic (exact) mass is 694 g/mol. The Balaban J connectivity index is 0.945. The predicted octanol–water partition coefficient (Wildman–Crippen LogP) is 7.13. The Kier molecular flexibility index (Phi) is 6.21. The maximum Gasteiger partial charge on any atom is 0.324 e. The summed E-state index contributed by atoms with van der Waals surface area (Å²) in [6.07, 6.45) is 13.1. The van der Waals surface area contributed by atoms with E-state index in [1.807, 2.05) is 16.7 Å². The van der Waals surface area contributed by atoms with E-state index in [4.69, 9.17) is 18.9 Å². The van der Waals surface area contributed by atoms with Crippen LogP contribution in [0.15, 0.2) is 22.3 Å². The lowest BCUT2D eigenvalue weighted by Crippen LogP contribution is -2.54. The van der Waals surface area contributed by atoms with Gasteiger partial charge in [0.2, 0.25) is 0 Å². The molecule has 51 heavy (non-hydrogen) atoms. The van der Waals surface area contributed by atoms with Crippen LogP contribution in [0, 0.1) is 124 Å². The van der Waals surface area contributed by atoms with Crippen LogP contribution in [-0.2, 0) is 28.5 Å². The number of esters is 2. The molecule has 0 saturated heterocycles. The maximum atomic E-state index is 14.7. The molecule has 0 radical (unpaired) electrons. The van der Waals surface area contributed by atoms with E-state index in [0.29, 0.717) is 56.0 Å². The quantitative estimate of drug-likeness (QED) is 0.123. The van der Waals surface area contributed by atoms with Gasteiger partial charge in [-0.25, -0.2) is 0 Å². The van der Waals surface area contributed by atoms with Gasteiger partial charge in [0.1, 0.15) is 13.2 Å². The second-order valence-electron chi connectivity index (χ2n) is 20.5. The summed E-state index contributed by atoms with van der Waals surface area (Å²) >= 11 is 0. The van der Waals surface area contributed by atoms with E-state index in [1.54, 1.807) is 0 Å². The van der Waals surface area contributed by atoms with Gasteiger partial charge in [0.05, 0.1) is 13.2 Å². The molecule has 0 heterocycles. The van der Waals surface area contributed by atoms with Crippen molar-refractivity contribution in [3.05, 3.63) is 22.3 Å². The Labute approximate surface area is 303 Å². The first-order chi connectivity index (χ1) is 25.1. The normalized spacial score (nSPS) is 54.4. The molecule has 20 atom stereocenters. The fraction of sp³-hybridized carbons (Fsp3) is 0.867. The predicted molar refractivity (Wildman–Crippen MR) is 187 cm³/mol. The number of hydrogen-bond donors (Lipinski definition) is 0. The van der Waals surface area contributed by atoms with E-state index in [0.717, 1.165) is 89.8 Å². The van der Waals surface area contributed by atoms with Crippen LogP contribution in [0.3, 0.4) is 0 Å². The molecule has 0 aromatic rings. The van der Waals surface area contributed by atoms with Crippen LogP contribution in [-0.4, -0.2) is 51.6 Å². The van der Waals surface area contributed by atoms with Gasteiger partial charge in [0.15, 0.2) is 5.41 Å². The third-order valence-corrected chi connectivity index (χ3v) is 19.5. The summed E-state index contributed by atoms with van der Waals surface area (Å²) in [6, 6.07) is 0. The molecule has 13 rings (SSSR count). The molecule has 274 valence electrons. The van der Waals surface area contributed by atoms with E-state index in [1.165, 1.54) is 51.4 Å². The Hall–Kier alpha value is -1.66. The Morgan fingerprint density at radius 2 is 1.12 bits per heavy atom. The van der Waals surface area contributed by atoms with Gasteiger partial charge in [-0.1, -0.05) is 25.0 Å². The molecule has 0 spiro atoms. The summed E-state index contributed by atoms with van der Waals surface area (Å²) in [5.74, 6) is 14.0. The van der Waals surface area contributed by atoms with Crippen molar-refractivity contribution < 1.29 is 28.5 Å². The molecule has 0 aliphatic heterocycles. The average Bonchev–Trinajstić information content (AvgIpc) is 3.43. The van der Waals surface area contributed by atoms with E-state index in [2.05, 4.69) is 19.4 Å². The number of fused-ring (bicyclic) bond motifs is 3. The molecule has 10 fully saturated rings. The fourth-order valence-corrected chi connectivity index (χ4v) is 19.5. The third kappa shape index (κ3) is 3.38. The van der Waals surface area contributed by atoms with Crippen molar-refractivity contribution in [2.75, 3.05) is 39.6 Å². The largest absolute Gasteiger partial charge is 0.462 e. The van der Waals surface area contributed by atoms with Gasteiger partial charge >= 0.3 is 11.9 Å². The lowest BCUT2D eigenvalue weighted by Gasteiger charge is -2.58.